The van der Waals surface area contributed by atoms with Crippen LogP contribution < -0.4 is 11.1 Å². The molecule has 0 aliphatic heterocycles. The number of carbonyl (C=O) groups excluding carboxylic acids is 1. The molecule has 1 heterocycles. The van der Waals surface area contributed by atoms with Crippen LogP contribution in [0.3, 0.4) is 0 Å². The molecule has 0 fully saturated rings. The minimum absolute atomic E-state index is 0.0262. The van der Waals surface area contributed by atoms with Crippen LogP contribution in [0.4, 0.5) is 11.5 Å². The molecule has 2 aromatic rings. The van der Waals surface area contributed by atoms with Crippen molar-refractivity contribution in [3.63, 3.8) is 0 Å². The number of benzene rings is 1. The van der Waals surface area contributed by atoms with Crippen LogP contribution in [0.2, 0.25) is 0 Å². The maximum Gasteiger partial charge on any atom is 0.281 e. The van der Waals surface area contributed by atoms with Gasteiger partial charge in [-0.05, 0) is 34.9 Å². The Bertz CT molecular complexity index is 567. The third kappa shape index (κ3) is 2.44. The molecule has 88 valence electrons. The zero-order valence-corrected chi connectivity index (χ0v) is 10.5. The van der Waals surface area contributed by atoms with Crippen molar-refractivity contribution in [2.24, 2.45) is 0 Å². The van der Waals surface area contributed by atoms with Crippen LogP contribution in [0.5, 0.6) is 0 Å². The van der Waals surface area contributed by atoms with Crippen LogP contribution in [0.25, 0.3) is 0 Å². The Labute approximate surface area is 105 Å². The van der Waals surface area contributed by atoms with Gasteiger partial charge in [0.2, 0.25) is 11.5 Å². The molecule has 3 N–H and O–H groups in total. The Hall–Kier alpha value is -1.89. The normalized spacial score (nSPS) is 10.2. The Balaban J connectivity index is 2.19. The molecule has 1 aromatic heterocycles. The number of hydrogen-bond acceptors (Lipinski definition) is 5. The second-order valence-electron chi connectivity index (χ2n) is 3.42. The van der Waals surface area contributed by atoms with Gasteiger partial charge < -0.3 is 11.1 Å². The number of hydrogen-bond donors (Lipinski definition) is 2. The van der Waals surface area contributed by atoms with Crippen molar-refractivity contribution in [3.05, 3.63) is 33.9 Å². The third-order valence-electron chi connectivity index (χ3n) is 2.16. The van der Waals surface area contributed by atoms with E-state index in [2.05, 4.69) is 36.2 Å². The number of rotatable bonds is 2. The van der Waals surface area contributed by atoms with Crippen LogP contribution in [0.1, 0.15) is 16.1 Å². The average Bonchev–Trinajstić information content (AvgIpc) is 2.70. The van der Waals surface area contributed by atoms with Gasteiger partial charge in [0.1, 0.15) is 0 Å². The third-order valence-corrected chi connectivity index (χ3v) is 3.01. The summed E-state index contributed by atoms with van der Waals surface area (Å²) in [5.74, 6) is -0.492. The first-order chi connectivity index (χ1) is 8.08. The molecule has 0 radical (unpaired) electrons. The van der Waals surface area contributed by atoms with Gasteiger partial charge >= 0.3 is 0 Å². The molecule has 0 saturated heterocycles. The summed E-state index contributed by atoms with van der Waals surface area (Å²) in [5.41, 5.74) is 7.09. The summed E-state index contributed by atoms with van der Waals surface area (Å²) >= 11 is 3.38. The molecule has 17 heavy (non-hydrogen) atoms. The van der Waals surface area contributed by atoms with Crippen LogP contribution in [0, 0.1) is 6.92 Å². The summed E-state index contributed by atoms with van der Waals surface area (Å²) in [6, 6.07) is 5.45. The first-order valence-electron chi connectivity index (χ1n) is 4.73. The number of nitrogens with two attached hydrogens (primary N) is 1. The molecular formula is C10H9BrN4O2. The highest BCUT2D eigenvalue weighted by molar-refractivity contribution is 9.10. The van der Waals surface area contributed by atoms with Gasteiger partial charge in [0.25, 0.3) is 5.91 Å². The minimum Gasteiger partial charge on any atom is -0.379 e. The second kappa shape index (κ2) is 4.54. The summed E-state index contributed by atoms with van der Waals surface area (Å²) in [6.07, 6.45) is 0. The lowest BCUT2D eigenvalue weighted by atomic mass is 10.2. The number of nitrogens with zero attached hydrogens (tertiary/aromatic N) is 2. The standard InChI is InChI=1S/C10H9BrN4O2/c1-5-2-3-6(4-7(5)11)13-10(16)8-9(12)15-17-14-8/h2-4H,1H3,(H2,12,15)(H,13,16). The fraction of sp³-hybridized carbons (Fsp3) is 0.100. The van der Waals surface area contributed by atoms with E-state index in [0.29, 0.717) is 5.69 Å². The molecule has 1 amide bonds. The summed E-state index contributed by atoms with van der Waals surface area (Å²) < 4.78 is 5.26. The van der Waals surface area contributed by atoms with E-state index in [1.54, 1.807) is 12.1 Å². The quantitative estimate of drug-likeness (QED) is 0.883. The molecule has 6 nitrogen and oxygen atoms in total. The maximum atomic E-state index is 11.7. The van der Waals surface area contributed by atoms with Crippen LogP contribution in [-0.2, 0) is 0 Å². The zero-order valence-electron chi connectivity index (χ0n) is 8.90. The van der Waals surface area contributed by atoms with Crippen LogP contribution in [-0.4, -0.2) is 16.2 Å². The Kier molecular flexibility index (Phi) is 3.10. The number of nitrogen functional groups attached to an aromatic ring is 1. The predicted molar refractivity (Wildman–Crippen MR) is 65.5 cm³/mol. The summed E-state index contributed by atoms with van der Waals surface area (Å²) in [6.45, 7) is 1.95. The van der Waals surface area contributed by atoms with Crippen LogP contribution >= 0.6 is 15.9 Å². The Morgan fingerprint density at radius 3 is 2.82 bits per heavy atom. The van der Waals surface area contributed by atoms with Crippen molar-refractivity contribution in [1.82, 2.24) is 10.3 Å². The van der Waals surface area contributed by atoms with Gasteiger partial charge in [-0.1, -0.05) is 22.0 Å². The van der Waals surface area contributed by atoms with Gasteiger partial charge in [0.15, 0.2) is 0 Å². The van der Waals surface area contributed by atoms with Crippen molar-refractivity contribution in [3.8, 4) is 0 Å². The molecule has 0 bridgehead atoms. The zero-order chi connectivity index (χ0) is 12.4. The molecule has 0 aliphatic rings. The lowest BCUT2D eigenvalue weighted by Gasteiger charge is -2.05. The fourth-order valence-corrected chi connectivity index (χ4v) is 1.59. The fourth-order valence-electron chi connectivity index (χ4n) is 1.21. The predicted octanol–water partition coefficient (Wildman–Crippen LogP) is 1.98. The van der Waals surface area contributed by atoms with Gasteiger partial charge in [-0.2, -0.15) is 0 Å². The topological polar surface area (TPSA) is 94.0 Å². The van der Waals surface area contributed by atoms with E-state index in [-0.39, 0.29) is 11.5 Å². The minimum atomic E-state index is -0.459. The number of anilines is 2. The first-order valence-corrected chi connectivity index (χ1v) is 5.53. The van der Waals surface area contributed by atoms with Gasteiger partial charge in [0, 0.05) is 10.2 Å². The molecule has 7 heteroatoms. The maximum absolute atomic E-state index is 11.7. The molecule has 0 atom stereocenters. The van der Waals surface area contributed by atoms with Crippen molar-refractivity contribution in [2.45, 2.75) is 6.92 Å². The van der Waals surface area contributed by atoms with E-state index < -0.39 is 5.91 Å². The van der Waals surface area contributed by atoms with E-state index >= 15 is 0 Å². The lowest BCUT2D eigenvalue weighted by molar-refractivity contribution is 0.101. The highest BCUT2D eigenvalue weighted by Gasteiger charge is 2.16. The molecule has 2 rings (SSSR count). The summed E-state index contributed by atoms with van der Waals surface area (Å²) in [4.78, 5) is 11.7. The van der Waals surface area contributed by atoms with Gasteiger partial charge in [-0.15, -0.1) is 0 Å². The molecule has 0 aliphatic carbocycles. The molecule has 1 aromatic carbocycles. The number of nitrogens with one attached hydrogen (secondary N) is 1. The van der Waals surface area contributed by atoms with E-state index in [1.165, 1.54) is 0 Å². The highest BCUT2D eigenvalue weighted by atomic mass is 79.9. The Morgan fingerprint density at radius 1 is 1.47 bits per heavy atom. The van der Waals surface area contributed by atoms with Crippen molar-refractivity contribution >= 4 is 33.3 Å². The van der Waals surface area contributed by atoms with Crippen LogP contribution in [0.15, 0.2) is 27.3 Å². The number of amides is 1. The smallest absolute Gasteiger partial charge is 0.281 e. The average molecular weight is 297 g/mol. The van der Waals surface area contributed by atoms with E-state index in [1.807, 2.05) is 13.0 Å². The van der Waals surface area contributed by atoms with Crippen molar-refractivity contribution in [2.75, 3.05) is 11.1 Å². The number of aromatic nitrogens is 2. The number of halogens is 1. The highest BCUT2D eigenvalue weighted by Crippen LogP contribution is 2.21. The molecule has 0 spiro atoms. The Morgan fingerprint density at radius 2 is 2.24 bits per heavy atom. The molecular weight excluding hydrogens is 288 g/mol. The van der Waals surface area contributed by atoms with E-state index in [4.69, 9.17) is 5.73 Å². The molecule has 0 unspecified atom stereocenters. The van der Waals surface area contributed by atoms with Crippen molar-refractivity contribution < 1.29 is 9.42 Å². The van der Waals surface area contributed by atoms with Gasteiger partial charge in [0.05, 0.1) is 0 Å². The summed E-state index contributed by atoms with van der Waals surface area (Å²) in [5, 5.41) is 9.39. The largest absolute Gasteiger partial charge is 0.379 e. The lowest BCUT2D eigenvalue weighted by Crippen LogP contribution is -2.14. The van der Waals surface area contributed by atoms with Gasteiger partial charge in [-0.3, -0.25) is 4.79 Å². The van der Waals surface area contributed by atoms with Crippen molar-refractivity contribution in [1.29, 1.82) is 0 Å². The first kappa shape index (κ1) is 11.6. The van der Waals surface area contributed by atoms with Gasteiger partial charge in [-0.25, -0.2) is 4.63 Å². The van der Waals surface area contributed by atoms with E-state index in [9.17, 15) is 4.79 Å². The number of carbonyl (C=O) groups is 1. The number of aryl methyl sites for hydroxylation is 1. The molecule has 0 saturated carbocycles. The second-order valence-corrected chi connectivity index (χ2v) is 4.27. The summed E-state index contributed by atoms with van der Waals surface area (Å²) in [7, 11) is 0. The monoisotopic (exact) mass is 296 g/mol. The van der Waals surface area contributed by atoms with E-state index in [0.717, 1.165) is 10.0 Å². The SMILES string of the molecule is Cc1ccc(NC(=O)c2nonc2N)cc1Br.